The molecule has 1 aromatic carbocycles. The average Bonchev–Trinajstić information content (AvgIpc) is 2.16. The maximum Gasteiger partial charge on any atom is 0.573 e. The van der Waals surface area contributed by atoms with Crippen LogP contribution in [0.2, 0.25) is 0 Å². The van der Waals surface area contributed by atoms with E-state index in [0.29, 0.717) is 25.3 Å². The molecule has 0 radical (unpaired) electrons. The zero-order valence-electron chi connectivity index (χ0n) is 8.87. The largest absolute Gasteiger partial charge is 0.573 e. The third-order valence-corrected chi connectivity index (χ3v) is 1.66. The summed E-state index contributed by atoms with van der Waals surface area (Å²) in [6.45, 7) is 0.838. The van der Waals surface area contributed by atoms with Gasteiger partial charge in [-0.25, -0.2) is 0 Å². The SMILES string of the molecule is Cl.NCCCOc1cccc(OC(F)(F)F)c1. The van der Waals surface area contributed by atoms with E-state index in [1.165, 1.54) is 18.2 Å². The maximum atomic E-state index is 11.9. The summed E-state index contributed by atoms with van der Waals surface area (Å²) in [6, 6.07) is 5.38. The monoisotopic (exact) mass is 271 g/mol. The first-order chi connectivity index (χ1) is 7.51. The van der Waals surface area contributed by atoms with Crippen LogP contribution in [0.5, 0.6) is 11.5 Å². The van der Waals surface area contributed by atoms with E-state index in [1.807, 2.05) is 0 Å². The molecule has 0 amide bonds. The molecule has 0 unspecified atom stereocenters. The number of hydrogen-bond donors (Lipinski definition) is 1. The van der Waals surface area contributed by atoms with Gasteiger partial charge >= 0.3 is 6.36 Å². The zero-order valence-corrected chi connectivity index (χ0v) is 9.68. The lowest BCUT2D eigenvalue weighted by molar-refractivity contribution is -0.274. The lowest BCUT2D eigenvalue weighted by atomic mass is 10.3. The van der Waals surface area contributed by atoms with Gasteiger partial charge in [0.1, 0.15) is 11.5 Å². The Hall–Kier alpha value is -1.14. The van der Waals surface area contributed by atoms with Crippen molar-refractivity contribution < 1.29 is 22.6 Å². The van der Waals surface area contributed by atoms with Gasteiger partial charge in [-0.2, -0.15) is 0 Å². The number of halogens is 4. The maximum absolute atomic E-state index is 11.9. The van der Waals surface area contributed by atoms with Gasteiger partial charge in [0.25, 0.3) is 0 Å². The molecule has 98 valence electrons. The predicted molar refractivity (Wildman–Crippen MR) is 59.5 cm³/mol. The molecule has 0 spiro atoms. The third-order valence-electron chi connectivity index (χ3n) is 1.66. The highest BCUT2D eigenvalue weighted by atomic mass is 35.5. The van der Waals surface area contributed by atoms with Gasteiger partial charge in [0, 0.05) is 6.07 Å². The van der Waals surface area contributed by atoms with Gasteiger partial charge < -0.3 is 15.2 Å². The second-order valence-corrected chi connectivity index (χ2v) is 3.01. The van der Waals surface area contributed by atoms with Crippen molar-refractivity contribution in [1.29, 1.82) is 0 Å². The van der Waals surface area contributed by atoms with E-state index in [1.54, 1.807) is 6.07 Å². The van der Waals surface area contributed by atoms with Crippen LogP contribution in [-0.4, -0.2) is 19.5 Å². The van der Waals surface area contributed by atoms with Gasteiger partial charge in [-0.05, 0) is 25.1 Å². The summed E-state index contributed by atoms with van der Waals surface area (Å²) in [6.07, 6.45) is -4.04. The van der Waals surface area contributed by atoms with Crippen LogP contribution in [0.15, 0.2) is 24.3 Å². The van der Waals surface area contributed by atoms with Gasteiger partial charge in [0.05, 0.1) is 6.61 Å². The van der Waals surface area contributed by atoms with Crippen molar-refractivity contribution in [3.05, 3.63) is 24.3 Å². The summed E-state index contributed by atoms with van der Waals surface area (Å²) in [5, 5.41) is 0. The third kappa shape index (κ3) is 6.91. The summed E-state index contributed by atoms with van der Waals surface area (Å²) in [7, 11) is 0. The molecular formula is C10H13ClF3NO2. The molecule has 0 aromatic heterocycles. The van der Waals surface area contributed by atoms with Crippen LogP contribution in [0.3, 0.4) is 0 Å². The quantitative estimate of drug-likeness (QED) is 0.838. The Morgan fingerprint density at radius 1 is 1.18 bits per heavy atom. The number of ether oxygens (including phenoxy) is 2. The molecule has 7 heteroatoms. The number of alkyl halides is 3. The van der Waals surface area contributed by atoms with Crippen LogP contribution in [-0.2, 0) is 0 Å². The van der Waals surface area contributed by atoms with Crippen molar-refractivity contribution in [2.45, 2.75) is 12.8 Å². The first-order valence-corrected chi connectivity index (χ1v) is 4.70. The first kappa shape index (κ1) is 15.9. The van der Waals surface area contributed by atoms with Crippen LogP contribution >= 0.6 is 12.4 Å². The molecule has 0 bridgehead atoms. The van der Waals surface area contributed by atoms with Crippen LogP contribution < -0.4 is 15.2 Å². The summed E-state index contributed by atoms with van der Waals surface area (Å²) in [5.41, 5.74) is 5.25. The summed E-state index contributed by atoms with van der Waals surface area (Å²) in [4.78, 5) is 0. The summed E-state index contributed by atoms with van der Waals surface area (Å²) < 4.78 is 44.6. The van der Waals surface area contributed by atoms with E-state index >= 15 is 0 Å². The van der Waals surface area contributed by atoms with E-state index < -0.39 is 6.36 Å². The van der Waals surface area contributed by atoms with Crippen molar-refractivity contribution in [3.63, 3.8) is 0 Å². The molecule has 0 fully saturated rings. The fraction of sp³-hybridized carbons (Fsp3) is 0.400. The lowest BCUT2D eigenvalue weighted by Gasteiger charge is -2.10. The summed E-state index contributed by atoms with van der Waals surface area (Å²) >= 11 is 0. The molecule has 0 atom stereocenters. The molecule has 0 saturated heterocycles. The molecule has 1 aromatic rings. The van der Waals surface area contributed by atoms with Gasteiger partial charge in [-0.15, -0.1) is 25.6 Å². The summed E-state index contributed by atoms with van der Waals surface area (Å²) in [5.74, 6) is 0.0351. The molecule has 0 saturated carbocycles. The van der Waals surface area contributed by atoms with Gasteiger partial charge in [0.15, 0.2) is 0 Å². The zero-order chi connectivity index (χ0) is 12.0. The molecule has 0 aliphatic heterocycles. The smallest absolute Gasteiger partial charge is 0.493 e. The normalized spacial score (nSPS) is 10.6. The molecule has 0 aliphatic rings. The Kier molecular flexibility index (Phi) is 6.75. The van der Waals surface area contributed by atoms with Crippen molar-refractivity contribution in [1.82, 2.24) is 0 Å². The van der Waals surface area contributed by atoms with Gasteiger partial charge in [-0.1, -0.05) is 6.07 Å². The molecule has 3 nitrogen and oxygen atoms in total. The fourth-order valence-electron chi connectivity index (χ4n) is 1.03. The lowest BCUT2D eigenvalue weighted by Crippen LogP contribution is -2.17. The molecular weight excluding hydrogens is 259 g/mol. The Morgan fingerprint density at radius 3 is 2.41 bits per heavy atom. The Bertz CT molecular complexity index is 334. The molecule has 0 heterocycles. The van der Waals surface area contributed by atoms with E-state index in [0.717, 1.165) is 0 Å². The fourth-order valence-corrected chi connectivity index (χ4v) is 1.03. The van der Waals surface area contributed by atoms with Crippen LogP contribution in [0.25, 0.3) is 0 Å². The predicted octanol–water partition coefficient (Wildman–Crippen LogP) is 2.73. The standard InChI is InChI=1S/C10H12F3NO2.ClH/c11-10(12,13)16-9-4-1-3-8(7-9)15-6-2-5-14;/h1,3-4,7H,2,5-6,14H2;1H. The Labute approximate surface area is 103 Å². The Morgan fingerprint density at radius 2 is 1.82 bits per heavy atom. The van der Waals surface area contributed by atoms with Crippen molar-refractivity contribution >= 4 is 12.4 Å². The van der Waals surface area contributed by atoms with E-state index in [9.17, 15) is 13.2 Å². The van der Waals surface area contributed by atoms with Crippen molar-refractivity contribution in [3.8, 4) is 11.5 Å². The highest BCUT2D eigenvalue weighted by molar-refractivity contribution is 5.85. The minimum absolute atomic E-state index is 0. The average molecular weight is 272 g/mol. The van der Waals surface area contributed by atoms with Crippen LogP contribution in [0.1, 0.15) is 6.42 Å². The Balaban J connectivity index is 0.00000256. The number of nitrogens with two attached hydrogens (primary N) is 1. The van der Waals surface area contributed by atoms with Gasteiger partial charge in [0.2, 0.25) is 0 Å². The van der Waals surface area contributed by atoms with Crippen molar-refractivity contribution in [2.24, 2.45) is 5.73 Å². The van der Waals surface area contributed by atoms with Crippen molar-refractivity contribution in [2.75, 3.05) is 13.2 Å². The van der Waals surface area contributed by atoms with E-state index in [-0.39, 0.29) is 18.2 Å². The number of benzene rings is 1. The second-order valence-electron chi connectivity index (χ2n) is 3.01. The highest BCUT2D eigenvalue weighted by Crippen LogP contribution is 2.25. The van der Waals surface area contributed by atoms with E-state index in [4.69, 9.17) is 10.5 Å². The van der Waals surface area contributed by atoms with E-state index in [2.05, 4.69) is 4.74 Å². The molecule has 1 rings (SSSR count). The number of hydrogen-bond acceptors (Lipinski definition) is 3. The molecule has 0 aliphatic carbocycles. The molecule has 2 N–H and O–H groups in total. The van der Waals surface area contributed by atoms with Crippen LogP contribution in [0, 0.1) is 0 Å². The topological polar surface area (TPSA) is 44.5 Å². The second kappa shape index (κ2) is 7.24. The molecule has 17 heavy (non-hydrogen) atoms. The van der Waals surface area contributed by atoms with Crippen LogP contribution in [0.4, 0.5) is 13.2 Å². The minimum Gasteiger partial charge on any atom is -0.493 e. The van der Waals surface area contributed by atoms with Gasteiger partial charge in [-0.3, -0.25) is 0 Å². The minimum atomic E-state index is -4.68. The highest BCUT2D eigenvalue weighted by Gasteiger charge is 2.31. The number of rotatable bonds is 5. The first-order valence-electron chi connectivity index (χ1n) is 4.70.